The van der Waals surface area contributed by atoms with E-state index in [0.717, 1.165) is 0 Å². The Labute approximate surface area is 160 Å². The topological polar surface area (TPSA) is 73.1 Å². The molecule has 0 aliphatic carbocycles. The van der Waals surface area contributed by atoms with Crippen LogP contribution >= 0.6 is 50.1 Å². The van der Waals surface area contributed by atoms with Gasteiger partial charge in [-0.1, -0.05) is 23.7 Å². The van der Waals surface area contributed by atoms with Crippen molar-refractivity contribution in [1.82, 2.24) is 0 Å². The summed E-state index contributed by atoms with van der Waals surface area (Å²) in [6, 6.07) is 11.9. The van der Waals surface area contributed by atoms with E-state index in [0.29, 0.717) is 24.3 Å². The molecular weight excluding hydrogens is 494 g/mol. The van der Waals surface area contributed by atoms with Crippen molar-refractivity contribution in [2.45, 2.75) is 0 Å². The lowest BCUT2D eigenvalue weighted by atomic mass is 10.1. The van der Waals surface area contributed by atoms with Crippen LogP contribution in [-0.2, 0) is 4.79 Å². The number of anilines is 1. The highest BCUT2D eigenvalue weighted by Crippen LogP contribution is 2.31. The van der Waals surface area contributed by atoms with Gasteiger partial charge in [-0.05, 0) is 74.4 Å². The first-order valence-electron chi connectivity index (χ1n) is 6.28. The standard InChI is InChI=1S/C16H9BrClIN2O2/c17-11-6-9(7-13(19)15(11)22)5-10(8-20)16(23)21-14-4-2-1-3-12(14)18/h1-7,22H,(H,21,23)/b10-5+. The normalized spacial score (nSPS) is 11.0. The summed E-state index contributed by atoms with van der Waals surface area (Å²) in [7, 11) is 0. The summed E-state index contributed by atoms with van der Waals surface area (Å²) in [6.07, 6.45) is 1.44. The van der Waals surface area contributed by atoms with E-state index in [4.69, 9.17) is 11.6 Å². The largest absolute Gasteiger partial charge is 0.506 e. The summed E-state index contributed by atoms with van der Waals surface area (Å²) in [4.78, 5) is 12.2. The van der Waals surface area contributed by atoms with Gasteiger partial charge in [-0.15, -0.1) is 0 Å². The van der Waals surface area contributed by atoms with Gasteiger partial charge in [0.2, 0.25) is 0 Å². The smallest absolute Gasteiger partial charge is 0.266 e. The minimum absolute atomic E-state index is 0.0710. The van der Waals surface area contributed by atoms with Crippen LogP contribution in [0, 0.1) is 14.9 Å². The summed E-state index contributed by atoms with van der Waals surface area (Å²) >= 11 is 11.2. The number of halogens is 3. The van der Waals surface area contributed by atoms with E-state index >= 15 is 0 Å². The van der Waals surface area contributed by atoms with Crippen LogP contribution in [0.5, 0.6) is 5.75 Å². The molecule has 0 aromatic heterocycles. The number of amides is 1. The van der Waals surface area contributed by atoms with E-state index < -0.39 is 5.91 Å². The summed E-state index contributed by atoms with van der Waals surface area (Å²) < 4.78 is 1.09. The summed E-state index contributed by atoms with van der Waals surface area (Å²) in [5.74, 6) is -0.443. The molecule has 2 aromatic carbocycles. The molecule has 7 heteroatoms. The van der Waals surface area contributed by atoms with Crippen LogP contribution in [0.1, 0.15) is 5.56 Å². The zero-order chi connectivity index (χ0) is 17.0. The lowest BCUT2D eigenvalue weighted by Crippen LogP contribution is -2.13. The van der Waals surface area contributed by atoms with Gasteiger partial charge in [0.15, 0.2) is 0 Å². The molecule has 0 bridgehead atoms. The Kier molecular flexibility index (Phi) is 6.04. The molecule has 4 nitrogen and oxygen atoms in total. The Balaban J connectivity index is 2.31. The summed E-state index contributed by atoms with van der Waals surface area (Å²) in [5, 5.41) is 21.9. The molecule has 0 atom stereocenters. The SMILES string of the molecule is N#C/C(=C\c1cc(Br)c(O)c(I)c1)C(=O)Nc1ccccc1Cl. The van der Waals surface area contributed by atoms with Gasteiger partial charge in [0.1, 0.15) is 17.4 Å². The maximum absolute atomic E-state index is 12.2. The second-order valence-electron chi connectivity index (χ2n) is 4.44. The van der Waals surface area contributed by atoms with E-state index in [1.165, 1.54) is 6.08 Å². The summed E-state index contributed by atoms with van der Waals surface area (Å²) in [6.45, 7) is 0. The predicted molar refractivity (Wildman–Crippen MR) is 102 cm³/mol. The van der Waals surface area contributed by atoms with Crippen molar-refractivity contribution in [2.24, 2.45) is 0 Å². The van der Waals surface area contributed by atoms with Crippen LogP contribution < -0.4 is 5.32 Å². The molecule has 0 unspecified atom stereocenters. The van der Waals surface area contributed by atoms with Crippen molar-refractivity contribution in [3.05, 3.63) is 60.6 Å². The van der Waals surface area contributed by atoms with E-state index in [2.05, 4.69) is 21.2 Å². The van der Waals surface area contributed by atoms with Crippen LogP contribution in [-0.4, -0.2) is 11.0 Å². The van der Waals surface area contributed by atoms with Crippen molar-refractivity contribution in [2.75, 3.05) is 5.32 Å². The van der Waals surface area contributed by atoms with Crippen LogP contribution in [0.15, 0.2) is 46.4 Å². The third kappa shape index (κ3) is 4.47. The molecule has 0 saturated heterocycles. The third-order valence-corrected chi connectivity index (χ3v) is 4.59. The van der Waals surface area contributed by atoms with Gasteiger partial charge >= 0.3 is 0 Å². The Morgan fingerprint density at radius 3 is 2.70 bits per heavy atom. The van der Waals surface area contributed by atoms with Crippen molar-refractivity contribution in [3.63, 3.8) is 0 Å². The van der Waals surface area contributed by atoms with Crippen LogP contribution in [0.3, 0.4) is 0 Å². The summed E-state index contributed by atoms with van der Waals surface area (Å²) in [5.41, 5.74) is 0.977. The quantitative estimate of drug-likeness (QED) is 0.353. The van der Waals surface area contributed by atoms with Crippen LogP contribution in [0.2, 0.25) is 5.02 Å². The second-order valence-corrected chi connectivity index (χ2v) is 6.86. The van der Waals surface area contributed by atoms with Crippen molar-refractivity contribution in [1.29, 1.82) is 5.26 Å². The van der Waals surface area contributed by atoms with Gasteiger partial charge in [-0.2, -0.15) is 5.26 Å². The van der Waals surface area contributed by atoms with E-state index in [-0.39, 0.29) is 11.3 Å². The first kappa shape index (κ1) is 17.8. The van der Waals surface area contributed by atoms with E-state index in [1.807, 2.05) is 28.7 Å². The number of nitrogens with one attached hydrogen (secondary N) is 1. The zero-order valence-electron chi connectivity index (χ0n) is 11.5. The Bertz CT molecular complexity index is 823. The number of para-hydroxylation sites is 1. The van der Waals surface area contributed by atoms with Gasteiger partial charge in [0.05, 0.1) is 18.8 Å². The lowest BCUT2D eigenvalue weighted by Gasteiger charge is -2.07. The molecule has 0 aliphatic rings. The number of nitrogens with zero attached hydrogens (tertiary/aromatic N) is 1. The average Bonchev–Trinajstić information content (AvgIpc) is 2.52. The van der Waals surface area contributed by atoms with Crippen LogP contribution in [0.25, 0.3) is 6.08 Å². The molecule has 2 rings (SSSR count). The van der Waals surface area contributed by atoms with Gasteiger partial charge in [0, 0.05) is 0 Å². The Morgan fingerprint density at radius 2 is 2.09 bits per heavy atom. The minimum Gasteiger partial charge on any atom is -0.506 e. The zero-order valence-corrected chi connectivity index (χ0v) is 16.0. The molecule has 2 aromatic rings. The molecule has 116 valence electrons. The van der Waals surface area contributed by atoms with Gasteiger partial charge in [-0.25, -0.2) is 0 Å². The highest BCUT2D eigenvalue weighted by Gasteiger charge is 2.12. The molecule has 1 amide bonds. The number of aromatic hydroxyl groups is 1. The van der Waals surface area contributed by atoms with Gasteiger partial charge in [0.25, 0.3) is 5.91 Å². The number of hydrogen-bond donors (Lipinski definition) is 2. The van der Waals surface area contributed by atoms with E-state index in [9.17, 15) is 15.2 Å². The monoisotopic (exact) mass is 502 g/mol. The van der Waals surface area contributed by atoms with Gasteiger partial charge in [-0.3, -0.25) is 4.79 Å². The minimum atomic E-state index is -0.556. The maximum Gasteiger partial charge on any atom is 0.266 e. The molecule has 0 aliphatic heterocycles. The third-order valence-electron chi connectivity index (χ3n) is 2.84. The average molecular weight is 504 g/mol. The Hall–Kier alpha value is -1.56. The molecule has 0 heterocycles. The first-order chi connectivity index (χ1) is 10.9. The number of rotatable bonds is 3. The second kappa shape index (κ2) is 7.81. The van der Waals surface area contributed by atoms with E-state index in [1.54, 1.807) is 36.4 Å². The van der Waals surface area contributed by atoms with Crippen LogP contribution in [0.4, 0.5) is 5.69 Å². The van der Waals surface area contributed by atoms with Gasteiger partial charge < -0.3 is 10.4 Å². The fraction of sp³-hybridized carbons (Fsp3) is 0. The number of phenols is 1. The highest BCUT2D eigenvalue weighted by atomic mass is 127. The fourth-order valence-electron chi connectivity index (χ4n) is 1.74. The van der Waals surface area contributed by atoms with Crippen molar-refractivity contribution in [3.8, 4) is 11.8 Å². The molecule has 2 N–H and O–H groups in total. The number of carbonyl (C=O) groups excluding carboxylic acids is 1. The molecular formula is C16H9BrClIN2O2. The Morgan fingerprint density at radius 1 is 1.39 bits per heavy atom. The lowest BCUT2D eigenvalue weighted by molar-refractivity contribution is -0.112. The predicted octanol–water partition coefficient (Wildman–Crippen LogP) is 4.96. The molecule has 0 radical (unpaired) electrons. The maximum atomic E-state index is 12.2. The number of hydrogen-bond acceptors (Lipinski definition) is 3. The number of carbonyl (C=O) groups is 1. The molecule has 23 heavy (non-hydrogen) atoms. The van der Waals surface area contributed by atoms with Crippen molar-refractivity contribution < 1.29 is 9.90 Å². The number of nitriles is 1. The fourth-order valence-corrected chi connectivity index (χ4v) is 3.42. The number of benzene rings is 2. The number of phenolic OH excluding ortho intramolecular Hbond substituents is 1. The van der Waals surface area contributed by atoms with Crippen molar-refractivity contribution >= 4 is 67.8 Å². The highest BCUT2D eigenvalue weighted by molar-refractivity contribution is 14.1. The molecule has 0 saturated carbocycles. The first-order valence-corrected chi connectivity index (χ1v) is 8.53. The molecule has 0 spiro atoms. The molecule has 0 fully saturated rings.